The van der Waals surface area contributed by atoms with Gasteiger partial charge in [-0.1, -0.05) is 0 Å². The third kappa shape index (κ3) is 4.79. The highest BCUT2D eigenvalue weighted by Crippen LogP contribution is 2.08. The Hall–Kier alpha value is -1.56. The van der Waals surface area contributed by atoms with Gasteiger partial charge in [0.15, 0.2) is 0 Å². The Morgan fingerprint density at radius 3 is 2.88 bits per heavy atom. The second-order valence-corrected chi connectivity index (χ2v) is 4.24. The molecule has 0 fully saturated rings. The first-order chi connectivity index (χ1) is 7.58. The van der Waals surface area contributed by atoms with Crippen LogP contribution in [-0.4, -0.2) is 29.7 Å². The lowest BCUT2D eigenvalue weighted by molar-refractivity contribution is -0.135. The number of aliphatic carboxylic acids is 1. The van der Waals surface area contributed by atoms with Gasteiger partial charge in [-0.2, -0.15) is 11.3 Å². The lowest BCUT2D eigenvalue weighted by atomic mass is 10.1. The SMILES string of the molecule is CC(Cc1ccsc1)NC(=O)NCC(=O)O. The number of rotatable bonds is 5. The van der Waals surface area contributed by atoms with Crippen molar-refractivity contribution in [2.24, 2.45) is 0 Å². The minimum atomic E-state index is -1.05. The van der Waals surface area contributed by atoms with Crippen LogP contribution in [0.1, 0.15) is 12.5 Å². The maximum atomic E-state index is 11.2. The molecule has 0 aliphatic heterocycles. The van der Waals surface area contributed by atoms with Crippen LogP contribution in [0.5, 0.6) is 0 Å². The number of carboxylic acid groups (broad SMARTS) is 1. The van der Waals surface area contributed by atoms with Gasteiger partial charge in [0, 0.05) is 6.04 Å². The first-order valence-corrected chi connectivity index (χ1v) is 5.79. The maximum absolute atomic E-state index is 11.2. The molecule has 1 atom stereocenters. The number of carbonyl (C=O) groups excluding carboxylic acids is 1. The molecule has 1 rings (SSSR count). The fourth-order valence-corrected chi connectivity index (χ4v) is 1.93. The molecule has 6 heteroatoms. The quantitative estimate of drug-likeness (QED) is 0.722. The Balaban J connectivity index is 2.25. The van der Waals surface area contributed by atoms with Crippen molar-refractivity contribution in [3.63, 3.8) is 0 Å². The highest BCUT2D eigenvalue weighted by Gasteiger charge is 2.08. The maximum Gasteiger partial charge on any atom is 0.323 e. The van der Waals surface area contributed by atoms with E-state index in [9.17, 15) is 9.59 Å². The molecule has 88 valence electrons. The van der Waals surface area contributed by atoms with Crippen molar-refractivity contribution in [2.75, 3.05) is 6.54 Å². The van der Waals surface area contributed by atoms with E-state index in [0.717, 1.165) is 12.0 Å². The minimum absolute atomic E-state index is 0.0246. The molecule has 1 aromatic rings. The van der Waals surface area contributed by atoms with E-state index < -0.39 is 12.0 Å². The molecule has 0 bridgehead atoms. The van der Waals surface area contributed by atoms with E-state index in [0.29, 0.717) is 0 Å². The molecule has 16 heavy (non-hydrogen) atoms. The highest BCUT2D eigenvalue weighted by atomic mass is 32.1. The first kappa shape index (κ1) is 12.5. The Labute approximate surface area is 97.5 Å². The molecule has 0 aliphatic rings. The van der Waals surface area contributed by atoms with Crippen LogP contribution in [-0.2, 0) is 11.2 Å². The smallest absolute Gasteiger partial charge is 0.323 e. The van der Waals surface area contributed by atoms with Gasteiger partial charge >= 0.3 is 12.0 Å². The zero-order chi connectivity index (χ0) is 12.0. The Morgan fingerprint density at radius 2 is 2.31 bits per heavy atom. The van der Waals surface area contributed by atoms with E-state index >= 15 is 0 Å². The second kappa shape index (κ2) is 6.12. The summed E-state index contributed by atoms with van der Waals surface area (Å²) in [6.07, 6.45) is 0.740. The van der Waals surface area contributed by atoms with E-state index in [4.69, 9.17) is 5.11 Å². The molecule has 0 aliphatic carbocycles. The summed E-state index contributed by atoms with van der Waals surface area (Å²) in [7, 11) is 0. The van der Waals surface area contributed by atoms with Gasteiger partial charge in [-0.15, -0.1) is 0 Å². The van der Waals surface area contributed by atoms with Gasteiger partial charge in [0.1, 0.15) is 6.54 Å². The normalized spacial score (nSPS) is 11.8. The van der Waals surface area contributed by atoms with Crippen molar-refractivity contribution >= 4 is 23.3 Å². The van der Waals surface area contributed by atoms with Crippen molar-refractivity contribution < 1.29 is 14.7 Å². The number of hydrogen-bond donors (Lipinski definition) is 3. The van der Waals surface area contributed by atoms with Crippen LogP contribution < -0.4 is 10.6 Å². The summed E-state index contributed by atoms with van der Waals surface area (Å²) < 4.78 is 0. The van der Waals surface area contributed by atoms with E-state index in [1.165, 1.54) is 0 Å². The number of carbonyl (C=O) groups is 2. The van der Waals surface area contributed by atoms with Gasteiger partial charge in [0.05, 0.1) is 0 Å². The summed E-state index contributed by atoms with van der Waals surface area (Å²) in [5.41, 5.74) is 1.16. The molecule has 0 spiro atoms. The summed E-state index contributed by atoms with van der Waals surface area (Å²) in [5.74, 6) is -1.05. The number of hydrogen-bond acceptors (Lipinski definition) is 3. The summed E-state index contributed by atoms with van der Waals surface area (Å²) in [6.45, 7) is 1.51. The summed E-state index contributed by atoms with van der Waals surface area (Å²) in [6, 6.07) is 1.52. The van der Waals surface area contributed by atoms with Crippen LogP contribution in [0.4, 0.5) is 4.79 Å². The molecular formula is C10H14N2O3S. The van der Waals surface area contributed by atoms with E-state index in [-0.39, 0.29) is 12.6 Å². The van der Waals surface area contributed by atoms with Crippen LogP contribution in [0.3, 0.4) is 0 Å². The Bertz CT molecular complexity index is 351. The molecule has 1 unspecified atom stereocenters. The molecule has 0 radical (unpaired) electrons. The van der Waals surface area contributed by atoms with E-state index in [1.807, 2.05) is 23.8 Å². The van der Waals surface area contributed by atoms with Gasteiger partial charge in [-0.3, -0.25) is 4.79 Å². The Morgan fingerprint density at radius 1 is 1.56 bits per heavy atom. The summed E-state index contributed by atoms with van der Waals surface area (Å²) in [5, 5.41) is 17.3. The number of thiophene rings is 1. The van der Waals surface area contributed by atoms with Gasteiger partial charge < -0.3 is 15.7 Å². The molecular weight excluding hydrogens is 228 g/mol. The fourth-order valence-electron chi connectivity index (χ4n) is 1.24. The Kier molecular flexibility index (Phi) is 4.78. The first-order valence-electron chi connectivity index (χ1n) is 4.85. The molecule has 0 saturated carbocycles. The van der Waals surface area contributed by atoms with Crippen molar-refractivity contribution in [1.82, 2.24) is 10.6 Å². The van der Waals surface area contributed by atoms with Crippen LogP contribution in [0.2, 0.25) is 0 Å². The predicted octanol–water partition coefficient (Wildman–Crippen LogP) is 1.06. The molecule has 5 nitrogen and oxygen atoms in total. The van der Waals surface area contributed by atoms with Crippen molar-refractivity contribution in [1.29, 1.82) is 0 Å². The summed E-state index contributed by atoms with van der Waals surface area (Å²) >= 11 is 1.61. The van der Waals surface area contributed by atoms with Crippen LogP contribution in [0.25, 0.3) is 0 Å². The standard InChI is InChI=1S/C10H14N2O3S/c1-7(4-8-2-3-16-6-8)12-10(15)11-5-9(13)14/h2-3,6-7H,4-5H2,1H3,(H,13,14)(H2,11,12,15). The van der Waals surface area contributed by atoms with Crippen molar-refractivity contribution in [3.05, 3.63) is 22.4 Å². The number of carboxylic acids is 1. The molecule has 1 heterocycles. The zero-order valence-electron chi connectivity index (χ0n) is 8.90. The van der Waals surface area contributed by atoms with E-state index in [2.05, 4.69) is 10.6 Å². The third-order valence-electron chi connectivity index (χ3n) is 1.90. The fraction of sp³-hybridized carbons (Fsp3) is 0.400. The predicted molar refractivity (Wildman–Crippen MR) is 61.7 cm³/mol. The van der Waals surface area contributed by atoms with Crippen LogP contribution >= 0.6 is 11.3 Å². The lowest BCUT2D eigenvalue weighted by Crippen LogP contribution is -2.43. The van der Waals surface area contributed by atoms with Crippen molar-refractivity contribution in [3.8, 4) is 0 Å². The zero-order valence-corrected chi connectivity index (χ0v) is 9.71. The average Bonchev–Trinajstić information content (AvgIpc) is 2.67. The molecule has 0 saturated heterocycles. The van der Waals surface area contributed by atoms with Crippen molar-refractivity contribution in [2.45, 2.75) is 19.4 Å². The van der Waals surface area contributed by atoms with Gasteiger partial charge in [0.25, 0.3) is 0 Å². The van der Waals surface area contributed by atoms with Gasteiger partial charge in [-0.25, -0.2) is 4.79 Å². The van der Waals surface area contributed by atoms with Gasteiger partial charge in [0.2, 0.25) is 0 Å². The lowest BCUT2D eigenvalue weighted by Gasteiger charge is -2.13. The van der Waals surface area contributed by atoms with E-state index in [1.54, 1.807) is 11.3 Å². The van der Waals surface area contributed by atoms with Crippen LogP contribution in [0.15, 0.2) is 16.8 Å². The number of amides is 2. The second-order valence-electron chi connectivity index (χ2n) is 3.46. The van der Waals surface area contributed by atoms with Crippen LogP contribution in [0, 0.1) is 0 Å². The average molecular weight is 242 g/mol. The number of urea groups is 1. The number of nitrogens with one attached hydrogen (secondary N) is 2. The minimum Gasteiger partial charge on any atom is -0.480 e. The molecule has 0 aromatic carbocycles. The largest absolute Gasteiger partial charge is 0.480 e. The molecule has 3 N–H and O–H groups in total. The monoisotopic (exact) mass is 242 g/mol. The highest BCUT2D eigenvalue weighted by molar-refractivity contribution is 7.07. The molecule has 2 amide bonds. The third-order valence-corrected chi connectivity index (χ3v) is 2.63. The van der Waals surface area contributed by atoms with Gasteiger partial charge in [-0.05, 0) is 35.7 Å². The molecule has 1 aromatic heterocycles. The summed E-state index contributed by atoms with van der Waals surface area (Å²) in [4.78, 5) is 21.4. The topological polar surface area (TPSA) is 78.4 Å².